The van der Waals surface area contributed by atoms with Gasteiger partial charge in [0.1, 0.15) is 5.82 Å². The fourth-order valence-corrected chi connectivity index (χ4v) is 2.90. The predicted octanol–water partition coefficient (Wildman–Crippen LogP) is 3.07. The fraction of sp³-hybridized carbons (Fsp3) is 0.444. The van der Waals surface area contributed by atoms with Gasteiger partial charge in [-0.05, 0) is 24.6 Å². The van der Waals surface area contributed by atoms with Crippen molar-refractivity contribution in [1.82, 2.24) is 9.88 Å². The zero-order valence-electron chi connectivity index (χ0n) is 13.2. The summed E-state index contributed by atoms with van der Waals surface area (Å²) in [6.07, 6.45) is 2.75. The molecule has 1 aliphatic rings. The van der Waals surface area contributed by atoms with Gasteiger partial charge in [0.25, 0.3) is 0 Å². The Bertz CT molecular complexity index is 648. The number of hydrogen-bond acceptors (Lipinski definition) is 3. The summed E-state index contributed by atoms with van der Waals surface area (Å²) in [5, 5.41) is 1.17. The molecule has 0 unspecified atom stereocenters. The van der Waals surface area contributed by atoms with E-state index in [-0.39, 0.29) is 0 Å². The normalized spacial score (nSPS) is 15.3. The fourth-order valence-electron chi connectivity index (χ4n) is 2.90. The van der Waals surface area contributed by atoms with Crippen molar-refractivity contribution >= 4 is 22.6 Å². The molecule has 1 aliphatic heterocycles. The summed E-state index contributed by atoms with van der Waals surface area (Å²) in [6.45, 7) is 5.46. The van der Waals surface area contributed by atoms with Crippen molar-refractivity contribution in [2.24, 2.45) is 0 Å². The minimum absolute atomic E-state index is 0.299. The van der Waals surface area contributed by atoms with Crippen LogP contribution in [0.5, 0.6) is 0 Å². The van der Waals surface area contributed by atoms with Gasteiger partial charge in [0.05, 0.1) is 5.52 Å². The summed E-state index contributed by atoms with van der Waals surface area (Å²) < 4.78 is 0. The molecule has 2 heterocycles. The lowest BCUT2D eigenvalue weighted by atomic mass is 10.2. The van der Waals surface area contributed by atoms with Crippen LogP contribution in [-0.4, -0.2) is 42.0 Å². The van der Waals surface area contributed by atoms with Crippen LogP contribution >= 0.6 is 0 Å². The summed E-state index contributed by atoms with van der Waals surface area (Å²) in [5.41, 5.74) is 1.03. The maximum Gasteiger partial charge on any atom is 0.222 e. The largest absolute Gasteiger partial charge is 0.353 e. The van der Waals surface area contributed by atoms with Gasteiger partial charge in [-0.2, -0.15) is 0 Å². The van der Waals surface area contributed by atoms with E-state index >= 15 is 0 Å². The van der Waals surface area contributed by atoms with E-state index in [0.29, 0.717) is 12.3 Å². The van der Waals surface area contributed by atoms with Crippen LogP contribution in [0, 0.1) is 0 Å². The average molecular weight is 297 g/mol. The van der Waals surface area contributed by atoms with E-state index in [1.54, 1.807) is 0 Å². The number of benzene rings is 1. The van der Waals surface area contributed by atoms with Gasteiger partial charge in [-0.3, -0.25) is 4.79 Å². The zero-order valence-corrected chi connectivity index (χ0v) is 13.2. The molecule has 2 aromatic rings. The number of anilines is 1. The molecule has 3 rings (SSSR count). The van der Waals surface area contributed by atoms with Gasteiger partial charge in [-0.15, -0.1) is 0 Å². The molecular formula is C18H23N3O. The maximum absolute atomic E-state index is 12.1. The molecule has 0 spiro atoms. The predicted molar refractivity (Wildman–Crippen MR) is 90.1 cm³/mol. The van der Waals surface area contributed by atoms with Crippen LogP contribution < -0.4 is 4.90 Å². The van der Waals surface area contributed by atoms with E-state index in [2.05, 4.69) is 30.0 Å². The Morgan fingerprint density at radius 3 is 2.64 bits per heavy atom. The molecule has 4 heteroatoms. The SMILES string of the molecule is CCCCC(=O)N1CCN(c2ccc3ccccc3n2)CC1. The Morgan fingerprint density at radius 2 is 1.86 bits per heavy atom. The van der Waals surface area contributed by atoms with Gasteiger partial charge in [0, 0.05) is 38.0 Å². The quantitative estimate of drug-likeness (QED) is 0.870. The number of carbonyl (C=O) groups is 1. The minimum Gasteiger partial charge on any atom is -0.353 e. The second-order valence-electron chi connectivity index (χ2n) is 5.83. The van der Waals surface area contributed by atoms with Crippen LogP contribution in [0.1, 0.15) is 26.2 Å². The number of piperazine rings is 1. The Labute approximate surface area is 131 Å². The average Bonchev–Trinajstić information content (AvgIpc) is 2.59. The van der Waals surface area contributed by atoms with Crippen LogP contribution in [0.2, 0.25) is 0 Å². The summed E-state index contributed by atoms with van der Waals surface area (Å²) >= 11 is 0. The molecule has 0 aliphatic carbocycles. The Balaban J connectivity index is 1.63. The summed E-state index contributed by atoms with van der Waals surface area (Å²) in [6, 6.07) is 12.4. The van der Waals surface area contributed by atoms with Crippen molar-refractivity contribution in [2.45, 2.75) is 26.2 Å². The summed E-state index contributed by atoms with van der Waals surface area (Å²) in [5.74, 6) is 1.31. The van der Waals surface area contributed by atoms with Gasteiger partial charge >= 0.3 is 0 Å². The highest BCUT2D eigenvalue weighted by atomic mass is 16.2. The standard InChI is InChI=1S/C18H23N3O/c1-2-3-8-18(22)21-13-11-20(12-14-21)17-10-9-15-6-4-5-7-16(15)19-17/h4-7,9-10H,2-3,8,11-14H2,1H3. The number of fused-ring (bicyclic) bond motifs is 1. The molecule has 1 aromatic heterocycles. The van der Waals surface area contributed by atoms with Crippen LogP contribution in [0.25, 0.3) is 10.9 Å². The molecule has 0 atom stereocenters. The maximum atomic E-state index is 12.1. The van der Waals surface area contributed by atoms with E-state index in [1.165, 1.54) is 5.39 Å². The van der Waals surface area contributed by atoms with Gasteiger partial charge in [0.2, 0.25) is 5.91 Å². The van der Waals surface area contributed by atoms with E-state index in [4.69, 9.17) is 4.98 Å². The van der Waals surface area contributed by atoms with Crippen LogP contribution in [-0.2, 0) is 4.79 Å². The number of carbonyl (C=O) groups excluding carboxylic acids is 1. The smallest absolute Gasteiger partial charge is 0.222 e. The molecule has 0 bridgehead atoms. The molecule has 4 nitrogen and oxygen atoms in total. The second-order valence-corrected chi connectivity index (χ2v) is 5.83. The van der Waals surface area contributed by atoms with Crippen molar-refractivity contribution in [2.75, 3.05) is 31.1 Å². The third-order valence-electron chi connectivity index (χ3n) is 4.28. The number of amides is 1. The Morgan fingerprint density at radius 1 is 1.09 bits per heavy atom. The first-order valence-electron chi connectivity index (χ1n) is 8.16. The summed E-state index contributed by atoms with van der Waals surface area (Å²) in [4.78, 5) is 21.1. The van der Waals surface area contributed by atoms with Crippen LogP contribution in [0.3, 0.4) is 0 Å². The number of pyridine rings is 1. The van der Waals surface area contributed by atoms with Gasteiger partial charge in [0.15, 0.2) is 0 Å². The molecule has 1 aromatic carbocycles. The monoisotopic (exact) mass is 297 g/mol. The highest BCUT2D eigenvalue weighted by Crippen LogP contribution is 2.19. The number of unbranched alkanes of at least 4 members (excludes halogenated alkanes) is 1. The number of aromatic nitrogens is 1. The van der Waals surface area contributed by atoms with Crippen LogP contribution in [0.15, 0.2) is 36.4 Å². The third kappa shape index (κ3) is 3.21. The first kappa shape index (κ1) is 14.8. The van der Waals surface area contributed by atoms with E-state index in [9.17, 15) is 4.79 Å². The molecule has 22 heavy (non-hydrogen) atoms. The first-order chi connectivity index (χ1) is 10.8. The number of rotatable bonds is 4. The van der Waals surface area contributed by atoms with Crippen molar-refractivity contribution in [3.8, 4) is 0 Å². The van der Waals surface area contributed by atoms with E-state index < -0.39 is 0 Å². The van der Waals surface area contributed by atoms with Gasteiger partial charge < -0.3 is 9.80 Å². The van der Waals surface area contributed by atoms with Gasteiger partial charge in [-0.25, -0.2) is 4.98 Å². The molecule has 1 amide bonds. The molecule has 1 saturated heterocycles. The first-order valence-corrected chi connectivity index (χ1v) is 8.16. The van der Waals surface area contributed by atoms with Gasteiger partial charge in [-0.1, -0.05) is 31.5 Å². The van der Waals surface area contributed by atoms with Crippen molar-refractivity contribution < 1.29 is 4.79 Å². The number of hydrogen-bond donors (Lipinski definition) is 0. The molecule has 0 saturated carbocycles. The zero-order chi connectivity index (χ0) is 15.4. The topological polar surface area (TPSA) is 36.4 Å². The van der Waals surface area contributed by atoms with E-state index in [0.717, 1.165) is 50.4 Å². The molecule has 0 radical (unpaired) electrons. The second kappa shape index (κ2) is 6.77. The van der Waals surface area contributed by atoms with E-state index in [1.807, 2.05) is 23.1 Å². The molecule has 1 fully saturated rings. The number of para-hydroxylation sites is 1. The Kier molecular flexibility index (Phi) is 4.56. The molecular weight excluding hydrogens is 274 g/mol. The highest BCUT2D eigenvalue weighted by molar-refractivity contribution is 5.80. The lowest BCUT2D eigenvalue weighted by molar-refractivity contribution is -0.131. The summed E-state index contributed by atoms with van der Waals surface area (Å²) in [7, 11) is 0. The lowest BCUT2D eigenvalue weighted by Gasteiger charge is -2.35. The van der Waals surface area contributed by atoms with Crippen molar-refractivity contribution in [3.05, 3.63) is 36.4 Å². The third-order valence-corrected chi connectivity index (χ3v) is 4.28. The minimum atomic E-state index is 0.299. The Hall–Kier alpha value is -2.10. The lowest BCUT2D eigenvalue weighted by Crippen LogP contribution is -2.49. The molecule has 0 N–H and O–H groups in total. The van der Waals surface area contributed by atoms with Crippen LogP contribution in [0.4, 0.5) is 5.82 Å². The molecule has 116 valence electrons. The van der Waals surface area contributed by atoms with Crippen molar-refractivity contribution in [3.63, 3.8) is 0 Å². The highest BCUT2D eigenvalue weighted by Gasteiger charge is 2.21. The number of nitrogens with zero attached hydrogens (tertiary/aromatic N) is 3. The van der Waals surface area contributed by atoms with Crippen molar-refractivity contribution in [1.29, 1.82) is 0 Å².